The fraction of sp³-hybridized carbons (Fsp3) is 0.250. The molecule has 6 nitrogen and oxygen atoms in total. The van der Waals surface area contributed by atoms with E-state index in [1.165, 1.54) is 25.6 Å². The summed E-state index contributed by atoms with van der Waals surface area (Å²) in [6, 6.07) is 6.80. The highest BCUT2D eigenvalue weighted by Gasteiger charge is 2.14. The van der Waals surface area contributed by atoms with E-state index < -0.39 is 11.9 Å². The summed E-state index contributed by atoms with van der Waals surface area (Å²) in [6.07, 6.45) is 0. The molecule has 0 atom stereocenters. The van der Waals surface area contributed by atoms with Gasteiger partial charge >= 0.3 is 5.97 Å². The zero-order valence-corrected chi connectivity index (χ0v) is 13.9. The Kier molecular flexibility index (Phi) is 5.59. The highest BCUT2D eigenvalue weighted by atomic mass is 32.1. The summed E-state index contributed by atoms with van der Waals surface area (Å²) in [6.45, 7) is 1.46. The zero-order valence-electron chi connectivity index (χ0n) is 13.0. The van der Waals surface area contributed by atoms with E-state index in [-0.39, 0.29) is 6.61 Å². The molecule has 0 spiro atoms. The minimum absolute atomic E-state index is 0.357. The fourth-order valence-corrected chi connectivity index (χ4v) is 2.71. The van der Waals surface area contributed by atoms with E-state index in [9.17, 15) is 9.59 Å². The Labute approximate surface area is 138 Å². The summed E-state index contributed by atoms with van der Waals surface area (Å²) >= 11 is 1.29. The van der Waals surface area contributed by atoms with Crippen LogP contribution in [0, 0.1) is 6.92 Å². The molecule has 0 fully saturated rings. The van der Waals surface area contributed by atoms with Crippen molar-refractivity contribution in [1.29, 1.82) is 0 Å². The summed E-state index contributed by atoms with van der Waals surface area (Å²) in [7, 11) is 3.04. The van der Waals surface area contributed by atoms with Gasteiger partial charge in [0.05, 0.1) is 14.2 Å². The van der Waals surface area contributed by atoms with Crippen LogP contribution < -0.4 is 14.8 Å². The number of hydrogen-bond acceptors (Lipinski definition) is 6. The van der Waals surface area contributed by atoms with E-state index in [0.717, 1.165) is 5.56 Å². The normalized spacial score (nSPS) is 10.0. The molecule has 0 aliphatic carbocycles. The van der Waals surface area contributed by atoms with Crippen LogP contribution in [0.25, 0.3) is 0 Å². The van der Waals surface area contributed by atoms with E-state index >= 15 is 0 Å². The van der Waals surface area contributed by atoms with Crippen molar-refractivity contribution in [3.05, 3.63) is 40.1 Å². The third-order valence-electron chi connectivity index (χ3n) is 3.05. The first kappa shape index (κ1) is 16.8. The van der Waals surface area contributed by atoms with E-state index in [4.69, 9.17) is 14.2 Å². The Bertz CT molecular complexity index is 710. The summed E-state index contributed by atoms with van der Waals surface area (Å²) in [5, 5.41) is 4.44. The Morgan fingerprint density at radius 1 is 1.13 bits per heavy atom. The second-order valence-electron chi connectivity index (χ2n) is 4.63. The number of carbonyl (C=O) groups excluding carboxylic acids is 2. The number of carbonyl (C=O) groups is 2. The quantitative estimate of drug-likeness (QED) is 0.822. The lowest BCUT2D eigenvalue weighted by Gasteiger charge is -2.10. The molecule has 0 aliphatic rings. The second-order valence-corrected chi connectivity index (χ2v) is 5.54. The molecular formula is C16H17NO5S. The third-order valence-corrected chi connectivity index (χ3v) is 4.05. The Hall–Kier alpha value is -2.54. The smallest absolute Gasteiger partial charge is 0.349 e. The van der Waals surface area contributed by atoms with Gasteiger partial charge in [0, 0.05) is 11.8 Å². The van der Waals surface area contributed by atoms with Gasteiger partial charge in [0.15, 0.2) is 18.1 Å². The number of nitrogens with one attached hydrogen (secondary N) is 1. The van der Waals surface area contributed by atoms with Crippen molar-refractivity contribution < 1.29 is 23.8 Å². The molecule has 0 saturated heterocycles. The Balaban J connectivity index is 1.92. The van der Waals surface area contributed by atoms with Gasteiger partial charge in [0.25, 0.3) is 5.91 Å². The summed E-state index contributed by atoms with van der Waals surface area (Å²) in [5.41, 5.74) is 1.36. The molecule has 0 saturated carbocycles. The molecule has 0 bridgehead atoms. The van der Waals surface area contributed by atoms with Crippen molar-refractivity contribution in [3.8, 4) is 11.5 Å². The van der Waals surface area contributed by atoms with Crippen LogP contribution in [0.5, 0.6) is 11.5 Å². The largest absolute Gasteiger partial charge is 0.493 e. The number of thiophene rings is 1. The predicted molar refractivity (Wildman–Crippen MR) is 87.5 cm³/mol. The highest BCUT2D eigenvalue weighted by Crippen LogP contribution is 2.29. The number of amides is 1. The molecule has 1 N–H and O–H groups in total. The first-order valence-corrected chi connectivity index (χ1v) is 7.66. The van der Waals surface area contributed by atoms with Crippen LogP contribution in [0.1, 0.15) is 15.2 Å². The number of hydrogen-bond donors (Lipinski definition) is 1. The molecular weight excluding hydrogens is 318 g/mol. The number of rotatable bonds is 6. The van der Waals surface area contributed by atoms with Gasteiger partial charge in [-0.3, -0.25) is 4.79 Å². The van der Waals surface area contributed by atoms with Gasteiger partial charge in [-0.2, -0.15) is 0 Å². The van der Waals surface area contributed by atoms with Crippen molar-refractivity contribution in [2.45, 2.75) is 6.92 Å². The van der Waals surface area contributed by atoms with E-state index in [2.05, 4.69) is 5.32 Å². The van der Waals surface area contributed by atoms with Crippen LogP contribution in [0.2, 0.25) is 0 Å². The van der Waals surface area contributed by atoms with Crippen molar-refractivity contribution in [2.75, 3.05) is 26.1 Å². The van der Waals surface area contributed by atoms with Crippen LogP contribution in [-0.2, 0) is 9.53 Å². The number of anilines is 1. The van der Waals surface area contributed by atoms with E-state index in [0.29, 0.717) is 22.1 Å². The van der Waals surface area contributed by atoms with Crippen LogP contribution in [0.3, 0.4) is 0 Å². The molecule has 2 aromatic rings. The summed E-state index contributed by atoms with van der Waals surface area (Å²) < 4.78 is 15.3. The van der Waals surface area contributed by atoms with Crippen LogP contribution in [-0.4, -0.2) is 32.7 Å². The molecule has 23 heavy (non-hydrogen) atoms. The molecule has 1 heterocycles. The van der Waals surface area contributed by atoms with Gasteiger partial charge < -0.3 is 19.5 Å². The van der Waals surface area contributed by atoms with Gasteiger partial charge in [-0.25, -0.2) is 4.79 Å². The van der Waals surface area contributed by atoms with Crippen LogP contribution in [0.15, 0.2) is 29.6 Å². The number of methoxy groups -OCH3 is 2. The van der Waals surface area contributed by atoms with Crippen molar-refractivity contribution in [1.82, 2.24) is 0 Å². The minimum Gasteiger partial charge on any atom is -0.493 e. The number of ether oxygens (including phenoxy) is 3. The monoisotopic (exact) mass is 335 g/mol. The topological polar surface area (TPSA) is 73.9 Å². The maximum atomic E-state index is 11.9. The number of aryl methyl sites for hydroxylation is 1. The molecule has 0 aliphatic heterocycles. The number of benzene rings is 1. The predicted octanol–water partition coefficient (Wildman–Crippen LogP) is 2.87. The first-order chi connectivity index (χ1) is 11.0. The van der Waals surface area contributed by atoms with Gasteiger partial charge in [0.2, 0.25) is 0 Å². The lowest BCUT2D eigenvalue weighted by molar-refractivity contribution is -0.119. The molecule has 0 radical (unpaired) electrons. The van der Waals surface area contributed by atoms with Crippen molar-refractivity contribution >= 4 is 28.9 Å². The number of esters is 1. The molecule has 0 unspecified atom stereocenters. The fourth-order valence-electron chi connectivity index (χ4n) is 1.89. The van der Waals surface area contributed by atoms with Crippen LogP contribution in [0.4, 0.5) is 5.69 Å². The highest BCUT2D eigenvalue weighted by molar-refractivity contribution is 7.12. The van der Waals surface area contributed by atoms with Crippen molar-refractivity contribution in [2.24, 2.45) is 0 Å². The molecule has 1 amide bonds. The van der Waals surface area contributed by atoms with Gasteiger partial charge in [0.1, 0.15) is 4.88 Å². The lowest BCUT2D eigenvalue weighted by atomic mass is 10.2. The molecule has 2 rings (SSSR count). The zero-order chi connectivity index (χ0) is 16.8. The van der Waals surface area contributed by atoms with E-state index in [1.807, 2.05) is 13.0 Å². The average Bonchev–Trinajstić information content (AvgIpc) is 2.98. The maximum Gasteiger partial charge on any atom is 0.349 e. The molecule has 122 valence electrons. The summed E-state index contributed by atoms with van der Waals surface area (Å²) in [5.74, 6) is 0.126. The third kappa shape index (κ3) is 4.23. The molecule has 1 aromatic carbocycles. The van der Waals surface area contributed by atoms with E-state index in [1.54, 1.807) is 23.6 Å². The summed E-state index contributed by atoms with van der Waals surface area (Å²) in [4.78, 5) is 24.2. The Morgan fingerprint density at radius 2 is 1.87 bits per heavy atom. The second kappa shape index (κ2) is 7.64. The lowest BCUT2D eigenvalue weighted by Crippen LogP contribution is -2.20. The molecule has 1 aromatic heterocycles. The SMILES string of the molecule is COc1ccc(NC(=O)COC(=O)c2sccc2C)cc1OC. The van der Waals surface area contributed by atoms with Gasteiger partial charge in [-0.1, -0.05) is 0 Å². The van der Waals surface area contributed by atoms with Gasteiger partial charge in [-0.05, 0) is 36.1 Å². The Morgan fingerprint density at radius 3 is 2.48 bits per heavy atom. The van der Waals surface area contributed by atoms with Gasteiger partial charge in [-0.15, -0.1) is 11.3 Å². The molecule has 7 heteroatoms. The minimum atomic E-state index is -0.500. The van der Waals surface area contributed by atoms with Crippen molar-refractivity contribution in [3.63, 3.8) is 0 Å². The standard InChI is InChI=1S/C16H17NO5S/c1-10-6-7-23-15(10)16(19)22-9-14(18)17-11-4-5-12(20-2)13(8-11)21-3/h4-8H,9H2,1-3H3,(H,17,18). The van der Waals surface area contributed by atoms with Crippen LogP contribution >= 0.6 is 11.3 Å². The average molecular weight is 335 g/mol. The maximum absolute atomic E-state index is 11.9. The first-order valence-electron chi connectivity index (χ1n) is 6.78.